The number of fused-ring (bicyclic) bond motifs is 1. The molecule has 1 aliphatic heterocycles. The Morgan fingerprint density at radius 3 is 3.00 bits per heavy atom. The number of nitrogens with zero attached hydrogens (tertiary/aromatic N) is 2. The van der Waals surface area contributed by atoms with Gasteiger partial charge in [-0.2, -0.15) is 5.10 Å². The van der Waals surface area contributed by atoms with Crippen molar-refractivity contribution >= 4 is 28.4 Å². The van der Waals surface area contributed by atoms with Crippen molar-refractivity contribution in [1.82, 2.24) is 9.78 Å². The molecule has 0 saturated heterocycles. The fraction of sp³-hybridized carbons (Fsp3) is 0.250. The predicted molar refractivity (Wildman–Crippen MR) is 74.0 cm³/mol. The minimum absolute atomic E-state index is 0.184. The van der Waals surface area contributed by atoms with Crippen LogP contribution in [0, 0.1) is 3.57 Å². The maximum Gasteiger partial charge on any atom is 0.135 e. The zero-order valence-electron chi connectivity index (χ0n) is 9.14. The highest BCUT2D eigenvalue weighted by Gasteiger charge is 2.25. The number of para-hydroxylation sites is 1. The molecule has 0 aliphatic carbocycles. The van der Waals surface area contributed by atoms with Crippen LogP contribution in [0.2, 0.25) is 0 Å². The first-order valence-electron chi connectivity index (χ1n) is 5.47. The van der Waals surface area contributed by atoms with Crippen molar-refractivity contribution in [1.29, 1.82) is 0 Å². The van der Waals surface area contributed by atoms with Crippen molar-refractivity contribution < 1.29 is 4.74 Å². The van der Waals surface area contributed by atoms with Crippen molar-refractivity contribution in [3.8, 4) is 5.75 Å². The van der Waals surface area contributed by atoms with Crippen LogP contribution >= 0.6 is 22.6 Å². The Bertz CT molecular complexity index is 552. The van der Waals surface area contributed by atoms with Crippen molar-refractivity contribution in [3.05, 3.63) is 39.6 Å². The number of ether oxygens (including phenoxy) is 1. The summed E-state index contributed by atoms with van der Waals surface area (Å²) in [6, 6.07) is 8.26. The molecule has 0 bridgehead atoms. The van der Waals surface area contributed by atoms with Gasteiger partial charge in [0.25, 0.3) is 0 Å². The molecule has 3 rings (SSSR count). The fourth-order valence-electron chi connectivity index (χ4n) is 2.18. The Morgan fingerprint density at radius 2 is 2.24 bits per heavy atom. The van der Waals surface area contributed by atoms with Gasteiger partial charge >= 0.3 is 0 Å². The Kier molecular flexibility index (Phi) is 2.70. The number of nitrogens with two attached hydrogens (primary N) is 1. The molecule has 0 amide bonds. The van der Waals surface area contributed by atoms with E-state index in [0.717, 1.165) is 27.1 Å². The molecule has 2 heterocycles. The summed E-state index contributed by atoms with van der Waals surface area (Å²) in [6.07, 6.45) is 2.70. The summed E-state index contributed by atoms with van der Waals surface area (Å²) in [6.45, 7) is 0.706. The molecule has 17 heavy (non-hydrogen) atoms. The summed E-state index contributed by atoms with van der Waals surface area (Å²) in [5.74, 6) is 1.67. The second-order valence-electron chi connectivity index (χ2n) is 4.01. The fourth-order valence-corrected chi connectivity index (χ4v) is 2.55. The molecule has 1 atom stereocenters. The van der Waals surface area contributed by atoms with Crippen LogP contribution in [0.3, 0.4) is 0 Å². The van der Waals surface area contributed by atoms with Gasteiger partial charge in [0, 0.05) is 12.0 Å². The summed E-state index contributed by atoms with van der Waals surface area (Å²) < 4.78 is 8.52. The average Bonchev–Trinajstić information content (AvgIpc) is 2.69. The Balaban J connectivity index is 2.09. The molecule has 1 unspecified atom stereocenters. The molecular formula is C12H12IN3O. The van der Waals surface area contributed by atoms with Crippen LogP contribution in [0.15, 0.2) is 30.5 Å². The van der Waals surface area contributed by atoms with Crippen LogP contribution in [0.4, 0.5) is 5.82 Å². The molecule has 1 aromatic carbocycles. The first-order chi connectivity index (χ1) is 8.27. The van der Waals surface area contributed by atoms with Gasteiger partial charge in [-0.15, -0.1) is 0 Å². The lowest BCUT2D eigenvalue weighted by Crippen LogP contribution is -2.22. The van der Waals surface area contributed by atoms with E-state index >= 15 is 0 Å². The van der Waals surface area contributed by atoms with Crippen LogP contribution in [0.25, 0.3) is 0 Å². The Morgan fingerprint density at radius 1 is 1.41 bits per heavy atom. The van der Waals surface area contributed by atoms with Gasteiger partial charge in [-0.1, -0.05) is 18.2 Å². The average molecular weight is 341 g/mol. The normalized spacial score (nSPS) is 18.5. The van der Waals surface area contributed by atoms with E-state index in [1.54, 1.807) is 6.20 Å². The van der Waals surface area contributed by atoms with E-state index in [1.807, 2.05) is 22.9 Å². The van der Waals surface area contributed by atoms with E-state index in [0.29, 0.717) is 6.61 Å². The molecule has 2 N–H and O–H groups in total. The molecule has 5 heteroatoms. The SMILES string of the molecule is Nc1c(I)cnn1C1CCOc2ccccc21. The van der Waals surface area contributed by atoms with Crippen molar-refractivity contribution in [3.63, 3.8) is 0 Å². The van der Waals surface area contributed by atoms with Gasteiger partial charge in [0.05, 0.1) is 22.4 Å². The molecule has 88 valence electrons. The maximum absolute atomic E-state index is 6.04. The maximum atomic E-state index is 6.04. The van der Waals surface area contributed by atoms with Crippen molar-refractivity contribution in [2.24, 2.45) is 0 Å². The highest BCUT2D eigenvalue weighted by atomic mass is 127. The van der Waals surface area contributed by atoms with Gasteiger partial charge in [-0.3, -0.25) is 0 Å². The van der Waals surface area contributed by atoms with Gasteiger partial charge in [-0.25, -0.2) is 4.68 Å². The zero-order chi connectivity index (χ0) is 11.8. The van der Waals surface area contributed by atoms with Crippen molar-refractivity contribution in [2.45, 2.75) is 12.5 Å². The smallest absolute Gasteiger partial charge is 0.135 e. The molecule has 0 saturated carbocycles. The minimum atomic E-state index is 0.184. The van der Waals surface area contributed by atoms with Gasteiger partial charge in [0.2, 0.25) is 0 Å². The molecule has 0 spiro atoms. The van der Waals surface area contributed by atoms with Gasteiger partial charge in [-0.05, 0) is 28.7 Å². The van der Waals surface area contributed by atoms with Gasteiger partial charge < -0.3 is 10.5 Å². The monoisotopic (exact) mass is 341 g/mol. The van der Waals surface area contributed by atoms with Crippen molar-refractivity contribution in [2.75, 3.05) is 12.3 Å². The van der Waals surface area contributed by atoms with Crippen LogP contribution in [0.5, 0.6) is 5.75 Å². The van der Waals surface area contributed by atoms with E-state index in [2.05, 4.69) is 33.8 Å². The Hall–Kier alpha value is -1.24. The number of rotatable bonds is 1. The number of hydrogen-bond acceptors (Lipinski definition) is 3. The zero-order valence-corrected chi connectivity index (χ0v) is 11.3. The summed E-state index contributed by atoms with van der Waals surface area (Å²) in [4.78, 5) is 0. The standard InChI is InChI=1S/C12H12IN3O/c13-9-7-15-16(12(9)14)10-5-6-17-11-4-2-1-3-8(10)11/h1-4,7,10H,5-6,14H2. The molecule has 1 aromatic heterocycles. The minimum Gasteiger partial charge on any atom is -0.493 e. The molecule has 0 fully saturated rings. The lowest BCUT2D eigenvalue weighted by Gasteiger charge is -2.26. The number of nitrogen functional groups attached to an aromatic ring is 1. The van der Waals surface area contributed by atoms with E-state index < -0.39 is 0 Å². The summed E-state index contributed by atoms with van der Waals surface area (Å²) >= 11 is 2.20. The molecule has 2 aromatic rings. The Labute approximate surface area is 113 Å². The second-order valence-corrected chi connectivity index (χ2v) is 5.18. The summed E-state index contributed by atoms with van der Waals surface area (Å²) in [7, 11) is 0. The number of halogens is 1. The first-order valence-corrected chi connectivity index (χ1v) is 6.55. The highest BCUT2D eigenvalue weighted by molar-refractivity contribution is 14.1. The van der Waals surface area contributed by atoms with E-state index in [-0.39, 0.29) is 6.04 Å². The molecule has 1 aliphatic rings. The van der Waals surface area contributed by atoms with Crippen LogP contribution in [-0.2, 0) is 0 Å². The summed E-state index contributed by atoms with van der Waals surface area (Å²) in [5.41, 5.74) is 7.20. The lowest BCUT2D eigenvalue weighted by atomic mass is 10.0. The van der Waals surface area contributed by atoms with E-state index in [1.165, 1.54) is 0 Å². The third kappa shape index (κ3) is 1.78. The topological polar surface area (TPSA) is 53.1 Å². The lowest BCUT2D eigenvalue weighted by molar-refractivity contribution is 0.251. The second kappa shape index (κ2) is 4.21. The first kappa shape index (κ1) is 10.9. The van der Waals surface area contributed by atoms with Gasteiger partial charge in [0.1, 0.15) is 11.6 Å². The van der Waals surface area contributed by atoms with E-state index in [4.69, 9.17) is 10.5 Å². The number of aromatic nitrogens is 2. The quantitative estimate of drug-likeness (QED) is 0.811. The number of anilines is 1. The molecular weight excluding hydrogens is 329 g/mol. The van der Waals surface area contributed by atoms with Gasteiger partial charge in [0.15, 0.2) is 0 Å². The highest BCUT2D eigenvalue weighted by Crippen LogP contribution is 2.35. The third-order valence-electron chi connectivity index (χ3n) is 3.01. The molecule has 4 nitrogen and oxygen atoms in total. The molecule has 0 radical (unpaired) electrons. The summed E-state index contributed by atoms with van der Waals surface area (Å²) in [5, 5.41) is 4.37. The van der Waals surface area contributed by atoms with Crippen LogP contribution < -0.4 is 10.5 Å². The van der Waals surface area contributed by atoms with E-state index in [9.17, 15) is 0 Å². The largest absolute Gasteiger partial charge is 0.493 e. The number of hydrogen-bond donors (Lipinski definition) is 1. The third-order valence-corrected chi connectivity index (χ3v) is 3.84. The van der Waals surface area contributed by atoms with Crippen LogP contribution in [0.1, 0.15) is 18.0 Å². The van der Waals surface area contributed by atoms with Crippen LogP contribution in [-0.4, -0.2) is 16.4 Å². The predicted octanol–water partition coefficient (Wildman–Crippen LogP) is 2.44. The number of benzene rings is 1.